The predicted molar refractivity (Wildman–Crippen MR) is 104 cm³/mol. The normalized spacial score (nSPS) is 17.9. The monoisotopic (exact) mass is 427 g/mol. The van der Waals surface area contributed by atoms with Gasteiger partial charge in [-0.15, -0.1) is 0 Å². The number of ether oxygens (including phenoxy) is 1. The Morgan fingerprint density at radius 3 is 2.29 bits per heavy atom. The van der Waals surface area contributed by atoms with Crippen LogP contribution in [0.15, 0.2) is 53.0 Å². The highest BCUT2D eigenvalue weighted by Gasteiger charge is 2.34. The van der Waals surface area contributed by atoms with Crippen molar-refractivity contribution in [2.24, 2.45) is 0 Å². The first-order chi connectivity index (χ1) is 11.6. The van der Waals surface area contributed by atoms with Gasteiger partial charge in [-0.3, -0.25) is 0 Å². The van der Waals surface area contributed by atoms with Crippen LogP contribution in [0, 0.1) is 0 Å². The summed E-state index contributed by atoms with van der Waals surface area (Å²) < 4.78 is 18.1. The molecule has 24 heavy (non-hydrogen) atoms. The molecule has 4 nitrogen and oxygen atoms in total. The molecule has 1 N–H and O–H groups in total. The molecule has 1 atom stereocenters. The fourth-order valence-electron chi connectivity index (χ4n) is 2.46. The summed E-state index contributed by atoms with van der Waals surface area (Å²) in [6.07, 6.45) is 0.883. The predicted octanol–water partition coefficient (Wildman–Crippen LogP) is 5.31. The number of methoxy groups -OCH3 is 1. The van der Waals surface area contributed by atoms with Gasteiger partial charge in [-0.2, -0.15) is 0 Å². The lowest BCUT2D eigenvalue weighted by Gasteiger charge is -2.34. The minimum atomic E-state index is -2.47. The van der Waals surface area contributed by atoms with Crippen molar-refractivity contribution in [3.8, 4) is 5.75 Å². The van der Waals surface area contributed by atoms with Gasteiger partial charge in [-0.25, -0.2) is 0 Å². The Morgan fingerprint density at radius 1 is 1.08 bits per heavy atom. The van der Waals surface area contributed by atoms with Crippen LogP contribution < -0.4 is 10.1 Å². The molecule has 1 fully saturated rings. The molecular formula is C17H19BrNO3PS. The zero-order chi connectivity index (χ0) is 17.0. The van der Waals surface area contributed by atoms with E-state index in [1.54, 1.807) is 7.11 Å². The summed E-state index contributed by atoms with van der Waals surface area (Å²) in [5.41, 5.74) is 2.00. The van der Waals surface area contributed by atoms with E-state index in [0.29, 0.717) is 13.2 Å². The van der Waals surface area contributed by atoms with E-state index >= 15 is 0 Å². The molecule has 1 unspecified atom stereocenters. The van der Waals surface area contributed by atoms with Crippen LogP contribution in [0.5, 0.6) is 5.75 Å². The summed E-state index contributed by atoms with van der Waals surface area (Å²) in [6.45, 7) is -1.17. The second-order valence-corrected chi connectivity index (χ2v) is 9.94. The van der Waals surface area contributed by atoms with E-state index in [4.69, 9.17) is 25.6 Å². The average Bonchev–Trinajstić information content (AvgIpc) is 2.62. The van der Waals surface area contributed by atoms with Crippen LogP contribution in [0.3, 0.4) is 0 Å². The first-order valence-electron chi connectivity index (χ1n) is 7.65. The first kappa shape index (κ1) is 17.9. The Balaban J connectivity index is 1.91. The van der Waals surface area contributed by atoms with Crippen LogP contribution in [-0.4, -0.2) is 20.3 Å². The van der Waals surface area contributed by atoms with Gasteiger partial charge in [0.1, 0.15) is 11.5 Å². The summed E-state index contributed by atoms with van der Waals surface area (Å²) in [5, 5.41) is 3.50. The van der Waals surface area contributed by atoms with Crippen LogP contribution in [0.1, 0.15) is 17.8 Å². The molecule has 0 bridgehead atoms. The third-order valence-corrected chi connectivity index (χ3v) is 7.66. The Hall–Kier alpha value is -0.910. The quantitative estimate of drug-likeness (QED) is 0.654. The summed E-state index contributed by atoms with van der Waals surface area (Å²) in [5.74, 6) is 0.614. The lowest BCUT2D eigenvalue weighted by Crippen LogP contribution is -2.19. The van der Waals surface area contributed by atoms with E-state index in [9.17, 15) is 0 Å². The van der Waals surface area contributed by atoms with E-state index in [0.717, 1.165) is 27.9 Å². The maximum Gasteiger partial charge on any atom is 0.215 e. The minimum absolute atomic E-state index is 0.200. The van der Waals surface area contributed by atoms with Crippen molar-refractivity contribution in [3.63, 3.8) is 0 Å². The lowest BCUT2D eigenvalue weighted by molar-refractivity contribution is 0.175. The highest BCUT2D eigenvalue weighted by molar-refractivity contribution is 9.10. The molecule has 1 aliphatic rings. The number of hydrogen-bond donors (Lipinski definition) is 1. The topological polar surface area (TPSA) is 39.7 Å². The van der Waals surface area contributed by atoms with Gasteiger partial charge in [-0.1, -0.05) is 28.1 Å². The molecule has 0 amide bonds. The lowest BCUT2D eigenvalue weighted by atomic mass is 10.2. The minimum Gasteiger partial charge on any atom is -0.497 e. The fourth-order valence-corrected chi connectivity index (χ4v) is 5.68. The molecule has 0 aliphatic carbocycles. The van der Waals surface area contributed by atoms with Gasteiger partial charge in [0, 0.05) is 10.2 Å². The Kier molecular flexibility index (Phi) is 5.95. The number of halogens is 1. The van der Waals surface area contributed by atoms with Crippen LogP contribution in [0.25, 0.3) is 0 Å². The highest BCUT2D eigenvalue weighted by Crippen LogP contribution is 2.62. The van der Waals surface area contributed by atoms with Crippen LogP contribution in [0.2, 0.25) is 0 Å². The van der Waals surface area contributed by atoms with Gasteiger partial charge in [-0.05, 0) is 60.2 Å². The van der Waals surface area contributed by atoms with Crippen molar-refractivity contribution in [1.29, 1.82) is 0 Å². The summed E-state index contributed by atoms with van der Waals surface area (Å²) >= 11 is 9.28. The van der Waals surface area contributed by atoms with Gasteiger partial charge in [0.05, 0.1) is 20.3 Å². The van der Waals surface area contributed by atoms with Gasteiger partial charge in [0.15, 0.2) is 0 Å². The molecular weight excluding hydrogens is 409 g/mol. The Morgan fingerprint density at radius 2 is 1.71 bits per heavy atom. The van der Waals surface area contributed by atoms with Crippen LogP contribution in [-0.2, 0) is 20.9 Å². The van der Waals surface area contributed by atoms with Crippen molar-refractivity contribution >= 4 is 39.9 Å². The number of anilines is 1. The van der Waals surface area contributed by atoms with Crippen LogP contribution >= 0.6 is 22.4 Å². The molecule has 128 valence electrons. The van der Waals surface area contributed by atoms with Crippen molar-refractivity contribution in [3.05, 3.63) is 58.6 Å². The van der Waals surface area contributed by atoms with Gasteiger partial charge >= 0.3 is 0 Å². The van der Waals surface area contributed by atoms with E-state index in [-0.39, 0.29) is 5.78 Å². The molecule has 1 saturated heterocycles. The molecule has 0 saturated carbocycles. The average molecular weight is 428 g/mol. The largest absolute Gasteiger partial charge is 0.497 e. The number of benzene rings is 2. The smallest absolute Gasteiger partial charge is 0.215 e. The number of hydrogen-bond acceptors (Lipinski definition) is 5. The van der Waals surface area contributed by atoms with Gasteiger partial charge in [0.25, 0.3) is 0 Å². The van der Waals surface area contributed by atoms with Crippen molar-refractivity contribution < 1.29 is 13.8 Å². The Bertz CT molecular complexity index is 714. The summed E-state index contributed by atoms with van der Waals surface area (Å²) in [7, 11) is 1.65. The SMILES string of the molecule is COc1ccc(NC(c2ccc(Br)cc2)P2(=S)OCCCO2)cc1. The summed E-state index contributed by atoms with van der Waals surface area (Å²) in [4.78, 5) is 0. The van der Waals surface area contributed by atoms with Crippen molar-refractivity contribution in [2.45, 2.75) is 12.2 Å². The summed E-state index contributed by atoms with van der Waals surface area (Å²) in [6, 6.07) is 15.9. The third kappa shape index (κ3) is 4.19. The first-order valence-corrected chi connectivity index (χ1v) is 11.2. The molecule has 3 rings (SSSR count). The van der Waals surface area contributed by atoms with Crippen LogP contribution in [0.4, 0.5) is 5.69 Å². The standard InChI is InChI=1S/C17H19BrNO3PS/c1-20-16-9-7-15(8-10-16)19-17(13-3-5-14(18)6-4-13)23(24)21-11-2-12-22-23/h3-10,17,19H,2,11-12H2,1H3. The molecule has 1 aliphatic heterocycles. The molecule has 0 aromatic heterocycles. The molecule has 2 aromatic carbocycles. The zero-order valence-electron chi connectivity index (χ0n) is 13.3. The van der Waals surface area contributed by atoms with E-state index < -0.39 is 6.49 Å². The highest BCUT2D eigenvalue weighted by atomic mass is 79.9. The molecule has 2 aromatic rings. The van der Waals surface area contributed by atoms with Crippen molar-refractivity contribution in [2.75, 3.05) is 25.6 Å². The molecule has 0 spiro atoms. The fraction of sp³-hybridized carbons (Fsp3) is 0.294. The molecule has 7 heteroatoms. The zero-order valence-corrected chi connectivity index (χ0v) is 16.6. The maximum atomic E-state index is 5.93. The maximum absolute atomic E-state index is 5.93. The number of rotatable bonds is 5. The third-order valence-electron chi connectivity index (χ3n) is 3.73. The Labute approximate surface area is 155 Å². The van der Waals surface area contributed by atoms with E-state index in [1.807, 2.05) is 48.5 Å². The number of nitrogens with one attached hydrogen (secondary N) is 1. The second kappa shape index (κ2) is 7.98. The van der Waals surface area contributed by atoms with Gasteiger partial charge in [0.2, 0.25) is 6.49 Å². The molecule has 0 radical (unpaired) electrons. The van der Waals surface area contributed by atoms with E-state index in [2.05, 4.69) is 21.2 Å². The van der Waals surface area contributed by atoms with Gasteiger partial charge < -0.3 is 19.1 Å². The van der Waals surface area contributed by atoms with E-state index in [1.165, 1.54) is 0 Å². The molecule has 1 heterocycles. The second-order valence-electron chi connectivity index (χ2n) is 5.39. The van der Waals surface area contributed by atoms with Crippen molar-refractivity contribution in [1.82, 2.24) is 0 Å².